The van der Waals surface area contributed by atoms with Crippen molar-refractivity contribution in [1.29, 1.82) is 5.26 Å². The van der Waals surface area contributed by atoms with Gasteiger partial charge in [0.1, 0.15) is 11.5 Å². The molecule has 1 aromatic carbocycles. The molecule has 1 aromatic rings. The number of benzene rings is 1. The molecule has 0 heterocycles. The van der Waals surface area contributed by atoms with Gasteiger partial charge >= 0.3 is 0 Å². The van der Waals surface area contributed by atoms with E-state index < -0.39 is 10.8 Å². The zero-order valence-electron chi connectivity index (χ0n) is 11.2. The van der Waals surface area contributed by atoms with Crippen LogP contribution in [0.25, 0.3) is 0 Å². The molecule has 0 aliphatic carbocycles. The third-order valence-corrected chi connectivity index (χ3v) is 3.73. The number of hydrogen-bond acceptors (Lipinski definition) is 5. The van der Waals surface area contributed by atoms with E-state index in [9.17, 15) is 9.00 Å². The third-order valence-electron chi connectivity index (χ3n) is 2.36. The van der Waals surface area contributed by atoms with Crippen LogP contribution in [0, 0.1) is 11.3 Å². The molecule has 1 unspecified atom stereocenters. The summed E-state index contributed by atoms with van der Waals surface area (Å²) in [5.74, 6) is 0.000291. The van der Waals surface area contributed by atoms with Gasteiger partial charge in [-0.1, -0.05) is 0 Å². The first kappa shape index (κ1) is 16.0. The van der Waals surface area contributed by atoms with Gasteiger partial charge in [-0.2, -0.15) is 5.26 Å². The molecule has 0 aromatic heterocycles. The van der Waals surface area contributed by atoms with Gasteiger partial charge in [0, 0.05) is 12.2 Å². The number of anilines is 1. The lowest BCUT2D eigenvalue weighted by Crippen LogP contribution is -2.29. The summed E-state index contributed by atoms with van der Waals surface area (Å²) in [6, 6.07) is 6.78. The van der Waals surface area contributed by atoms with Gasteiger partial charge in [0.25, 0.3) is 0 Å². The first-order chi connectivity index (χ1) is 9.58. The van der Waals surface area contributed by atoms with Crippen LogP contribution in [0.1, 0.15) is 13.3 Å². The topological polar surface area (TPSA) is 105 Å². The summed E-state index contributed by atoms with van der Waals surface area (Å²) in [7, 11) is -1.54. The number of carbonyl (C=O) groups excluding carboxylic acids is 1. The minimum atomic E-state index is -1.54. The van der Waals surface area contributed by atoms with Gasteiger partial charge in [-0.25, -0.2) is 0 Å². The summed E-state index contributed by atoms with van der Waals surface area (Å²) in [4.78, 5) is 11.9. The number of nitriles is 1. The Morgan fingerprint density at radius 1 is 1.55 bits per heavy atom. The number of rotatable bonds is 7. The highest BCUT2D eigenvalue weighted by Gasteiger charge is 2.13. The Balaban J connectivity index is 2.69. The fraction of sp³-hybridized carbons (Fsp3) is 0.385. The monoisotopic (exact) mass is 295 g/mol. The molecule has 0 saturated heterocycles. The average Bonchev–Trinajstić information content (AvgIpc) is 2.41. The van der Waals surface area contributed by atoms with Crippen molar-refractivity contribution in [3.05, 3.63) is 18.2 Å². The molecule has 0 aliphatic heterocycles. The molecule has 0 radical (unpaired) electrons. The molecule has 0 fully saturated rings. The lowest BCUT2D eigenvalue weighted by atomic mass is 10.3. The van der Waals surface area contributed by atoms with Gasteiger partial charge in [0.15, 0.2) is 0 Å². The second-order valence-corrected chi connectivity index (χ2v) is 5.30. The molecule has 6 nitrogen and oxygen atoms in total. The van der Waals surface area contributed by atoms with Crippen LogP contribution in [0.2, 0.25) is 0 Å². The number of hydrogen-bond donors (Lipinski definition) is 2. The zero-order chi connectivity index (χ0) is 15.0. The number of ether oxygens (including phenoxy) is 1. The van der Waals surface area contributed by atoms with Gasteiger partial charge in [0.05, 0.1) is 34.8 Å². The molecular weight excluding hydrogens is 278 g/mol. The van der Waals surface area contributed by atoms with Crippen molar-refractivity contribution in [1.82, 2.24) is 5.32 Å². The van der Waals surface area contributed by atoms with E-state index in [0.29, 0.717) is 22.9 Å². The molecule has 0 spiro atoms. The number of nitrogens with two attached hydrogens (primary N) is 1. The zero-order valence-corrected chi connectivity index (χ0v) is 12.0. The lowest BCUT2D eigenvalue weighted by molar-refractivity contribution is -0.118. The Morgan fingerprint density at radius 3 is 2.95 bits per heavy atom. The first-order valence-electron chi connectivity index (χ1n) is 6.12. The highest BCUT2D eigenvalue weighted by atomic mass is 32.2. The van der Waals surface area contributed by atoms with Gasteiger partial charge in [-0.15, -0.1) is 0 Å². The van der Waals surface area contributed by atoms with Crippen LogP contribution in [-0.4, -0.2) is 29.0 Å². The van der Waals surface area contributed by atoms with Crippen LogP contribution in [0.15, 0.2) is 23.1 Å². The second-order valence-electron chi connectivity index (χ2n) is 3.88. The summed E-state index contributed by atoms with van der Waals surface area (Å²) < 4.78 is 17.4. The van der Waals surface area contributed by atoms with E-state index in [2.05, 4.69) is 5.32 Å². The van der Waals surface area contributed by atoms with E-state index in [1.165, 1.54) is 0 Å². The van der Waals surface area contributed by atoms with Crippen molar-refractivity contribution in [2.45, 2.75) is 18.2 Å². The molecule has 108 valence electrons. The number of carbonyl (C=O) groups is 1. The Labute approximate surface area is 120 Å². The molecule has 0 bridgehead atoms. The smallest absolute Gasteiger partial charge is 0.233 e. The molecule has 1 rings (SSSR count). The lowest BCUT2D eigenvalue weighted by Gasteiger charge is -2.09. The highest BCUT2D eigenvalue weighted by Crippen LogP contribution is 2.23. The molecule has 7 heteroatoms. The van der Waals surface area contributed by atoms with Crippen LogP contribution in [-0.2, 0) is 15.6 Å². The Bertz CT molecular complexity index is 540. The van der Waals surface area contributed by atoms with Gasteiger partial charge < -0.3 is 15.8 Å². The van der Waals surface area contributed by atoms with Crippen LogP contribution in [0.4, 0.5) is 5.69 Å². The van der Waals surface area contributed by atoms with Crippen LogP contribution in [0.5, 0.6) is 5.75 Å². The molecule has 1 atom stereocenters. The Morgan fingerprint density at radius 2 is 2.30 bits per heavy atom. The largest absolute Gasteiger partial charge is 0.494 e. The SMILES string of the molecule is CCOc1ccc(N)c(S(=O)CC(=O)NCCC#N)c1. The summed E-state index contributed by atoms with van der Waals surface area (Å²) >= 11 is 0. The maximum absolute atomic E-state index is 12.1. The normalized spacial score (nSPS) is 11.4. The van der Waals surface area contributed by atoms with Crippen molar-refractivity contribution in [3.8, 4) is 11.8 Å². The van der Waals surface area contributed by atoms with Crippen molar-refractivity contribution >= 4 is 22.4 Å². The summed E-state index contributed by atoms with van der Waals surface area (Å²) in [5, 5.41) is 10.9. The van der Waals surface area contributed by atoms with E-state index in [-0.39, 0.29) is 24.6 Å². The average molecular weight is 295 g/mol. The van der Waals surface area contributed by atoms with E-state index in [4.69, 9.17) is 15.7 Å². The number of amides is 1. The quantitative estimate of drug-likeness (QED) is 0.572. The molecule has 0 saturated carbocycles. The van der Waals surface area contributed by atoms with E-state index >= 15 is 0 Å². The van der Waals surface area contributed by atoms with Crippen molar-refractivity contribution in [2.75, 3.05) is 24.6 Å². The van der Waals surface area contributed by atoms with Crippen molar-refractivity contribution in [2.24, 2.45) is 0 Å². The Hall–Kier alpha value is -2.07. The van der Waals surface area contributed by atoms with Crippen LogP contribution >= 0.6 is 0 Å². The number of nitrogens with zero attached hydrogens (tertiary/aromatic N) is 1. The van der Waals surface area contributed by atoms with E-state index in [0.717, 1.165) is 0 Å². The molecular formula is C13H17N3O3S. The van der Waals surface area contributed by atoms with Crippen LogP contribution in [0.3, 0.4) is 0 Å². The predicted molar refractivity (Wildman–Crippen MR) is 76.5 cm³/mol. The molecule has 20 heavy (non-hydrogen) atoms. The summed E-state index contributed by atoms with van der Waals surface area (Å²) in [6.45, 7) is 2.58. The van der Waals surface area contributed by atoms with Gasteiger partial charge in [-0.3, -0.25) is 9.00 Å². The Kier molecular flexibility index (Phi) is 6.53. The fourth-order valence-corrected chi connectivity index (χ4v) is 2.55. The maximum atomic E-state index is 12.1. The second kappa shape index (κ2) is 8.17. The highest BCUT2D eigenvalue weighted by molar-refractivity contribution is 7.86. The standard InChI is InChI=1S/C13H17N3O3S/c1-2-19-10-4-5-11(15)12(8-10)20(18)9-13(17)16-7-3-6-14/h4-5,8H,2-3,7,9,15H2,1H3,(H,16,17). The predicted octanol–water partition coefficient (Wildman–Crippen LogP) is 0.805. The van der Waals surface area contributed by atoms with E-state index in [1.807, 2.05) is 13.0 Å². The van der Waals surface area contributed by atoms with Crippen molar-refractivity contribution < 1.29 is 13.7 Å². The van der Waals surface area contributed by atoms with Crippen LogP contribution < -0.4 is 15.8 Å². The van der Waals surface area contributed by atoms with Crippen molar-refractivity contribution in [3.63, 3.8) is 0 Å². The fourth-order valence-electron chi connectivity index (χ4n) is 1.47. The molecule has 3 N–H and O–H groups in total. The van der Waals surface area contributed by atoms with Gasteiger partial charge in [0.2, 0.25) is 5.91 Å². The summed E-state index contributed by atoms with van der Waals surface area (Å²) in [5.41, 5.74) is 6.12. The maximum Gasteiger partial charge on any atom is 0.233 e. The summed E-state index contributed by atoms with van der Waals surface area (Å²) in [6.07, 6.45) is 0.223. The first-order valence-corrected chi connectivity index (χ1v) is 7.44. The van der Waals surface area contributed by atoms with E-state index in [1.54, 1.807) is 18.2 Å². The third kappa shape index (κ3) is 4.90. The number of nitrogen functional groups attached to an aromatic ring is 1. The minimum Gasteiger partial charge on any atom is -0.494 e. The minimum absolute atomic E-state index is 0.189. The number of nitrogens with one attached hydrogen (secondary N) is 1. The molecule has 0 aliphatic rings. The molecule has 1 amide bonds. The van der Waals surface area contributed by atoms with Gasteiger partial charge in [-0.05, 0) is 25.1 Å².